The highest BCUT2D eigenvalue weighted by atomic mass is 16.2. The summed E-state index contributed by atoms with van der Waals surface area (Å²) >= 11 is 0. The zero-order valence-corrected chi connectivity index (χ0v) is 8.84. The van der Waals surface area contributed by atoms with Crippen LogP contribution in [0.3, 0.4) is 0 Å². The average molecular weight is 184 g/mol. The molecule has 1 N–H and O–H groups in total. The van der Waals surface area contributed by atoms with Crippen LogP contribution < -0.4 is 5.32 Å². The van der Waals surface area contributed by atoms with Gasteiger partial charge in [-0.1, -0.05) is 6.92 Å². The summed E-state index contributed by atoms with van der Waals surface area (Å²) in [7, 11) is 3.56. The standard InChI is InChI=1S/C10H20N2O/c1-8-4-6-9(7-5-8)11-10(13)12(2)3/h8-9H,4-7H2,1-3H3,(H,11,13)/t8-,9-. The summed E-state index contributed by atoms with van der Waals surface area (Å²) in [5.74, 6) is 0.840. The average Bonchev–Trinajstić information content (AvgIpc) is 2.08. The predicted molar refractivity (Wildman–Crippen MR) is 53.6 cm³/mol. The lowest BCUT2D eigenvalue weighted by molar-refractivity contribution is 0.205. The molecular weight excluding hydrogens is 164 g/mol. The molecule has 1 saturated carbocycles. The Hall–Kier alpha value is -0.730. The topological polar surface area (TPSA) is 32.3 Å². The summed E-state index contributed by atoms with van der Waals surface area (Å²) in [4.78, 5) is 12.9. The largest absolute Gasteiger partial charge is 0.335 e. The third-order valence-electron chi connectivity index (χ3n) is 2.75. The van der Waals surface area contributed by atoms with Gasteiger partial charge in [0.1, 0.15) is 0 Å². The molecule has 1 rings (SSSR count). The molecule has 0 heterocycles. The fraction of sp³-hybridized carbons (Fsp3) is 0.900. The Morgan fingerprint density at radius 1 is 1.23 bits per heavy atom. The number of nitrogens with zero attached hydrogens (tertiary/aromatic N) is 1. The van der Waals surface area contributed by atoms with Crippen LogP contribution in [0.4, 0.5) is 4.79 Å². The molecule has 76 valence electrons. The van der Waals surface area contributed by atoms with Crippen molar-refractivity contribution in [2.45, 2.75) is 38.6 Å². The summed E-state index contributed by atoms with van der Waals surface area (Å²) in [6, 6.07) is 0.450. The molecule has 0 aromatic heterocycles. The van der Waals surface area contributed by atoms with Crippen molar-refractivity contribution in [1.82, 2.24) is 10.2 Å². The fourth-order valence-electron chi connectivity index (χ4n) is 1.71. The van der Waals surface area contributed by atoms with Gasteiger partial charge in [0.25, 0.3) is 0 Å². The van der Waals surface area contributed by atoms with E-state index in [1.54, 1.807) is 19.0 Å². The van der Waals surface area contributed by atoms with Crippen LogP contribution in [0.15, 0.2) is 0 Å². The van der Waals surface area contributed by atoms with E-state index in [9.17, 15) is 4.79 Å². The molecule has 0 radical (unpaired) electrons. The third kappa shape index (κ3) is 3.25. The van der Waals surface area contributed by atoms with E-state index in [4.69, 9.17) is 0 Å². The Morgan fingerprint density at radius 3 is 2.23 bits per heavy atom. The van der Waals surface area contributed by atoms with Crippen molar-refractivity contribution in [2.24, 2.45) is 5.92 Å². The summed E-state index contributed by atoms with van der Waals surface area (Å²) in [6.07, 6.45) is 4.78. The quantitative estimate of drug-likeness (QED) is 0.662. The number of carbonyl (C=O) groups is 1. The molecule has 0 saturated heterocycles. The number of nitrogens with one attached hydrogen (secondary N) is 1. The van der Waals surface area contributed by atoms with Crippen molar-refractivity contribution in [2.75, 3.05) is 14.1 Å². The van der Waals surface area contributed by atoms with E-state index in [0.717, 1.165) is 18.8 Å². The first kappa shape index (κ1) is 10.4. The van der Waals surface area contributed by atoms with Gasteiger partial charge in [0.15, 0.2) is 0 Å². The highest BCUT2D eigenvalue weighted by Gasteiger charge is 2.19. The summed E-state index contributed by atoms with van der Waals surface area (Å²) in [5.41, 5.74) is 0. The molecule has 3 heteroatoms. The van der Waals surface area contributed by atoms with Crippen LogP contribution in [0, 0.1) is 5.92 Å². The van der Waals surface area contributed by atoms with Gasteiger partial charge in [-0.15, -0.1) is 0 Å². The Bertz CT molecular complexity index is 172. The molecule has 0 unspecified atom stereocenters. The van der Waals surface area contributed by atoms with Gasteiger partial charge in [-0.3, -0.25) is 0 Å². The maximum Gasteiger partial charge on any atom is 0.317 e. The van der Waals surface area contributed by atoms with E-state index in [2.05, 4.69) is 12.2 Å². The van der Waals surface area contributed by atoms with Gasteiger partial charge in [0, 0.05) is 20.1 Å². The van der Waals surface area contributed by atoms with Crippen LogP contribution in [0.2, 0.25) is 0 Å². The lowest BCUT2D eigenvalue weighted by Crippen LogP contribution is -2.42. The number of urea groups is 1. The lowest BCUT2D eigenvalue weighted by atomic mass is 9.87. The maximum absolute atomic E-state index is 11.3. The summed E-state index contributed by atoms with van der Waals surface area (Å²) in [5, 5.41) is 3.03. The number of rotatable bonds is 1. The molecule has 0 aromatic carbocycles. The number of amides is 2. The molecular formula is C10H20N2O. The maximum atomic E-state index is 11.3. The van der Waals surface area contributed by atoms with Gasteiger partial charge in [0.2, 0.25) is 0 Å². The monoisotopic (exact) mass is 184 g/mol. The van der Waals surface area contributed by atoms with Gasteiger partial charge < -0.3 is 10.2 Å². The highest BCUT2D eigenvalue weighted by molar-refractivity contribution is 5.73. The minimum Gasteiger partial charge on any atom is -0.335 e. The van der Waals surface area contributed by atoms with E-state index in [1.807, 2.05) is 0 Å². The zero-order valence-electron chi connectivity index (χ0n) is 8.84. The van der Waals surface area contributed by atoms with Crippen LogP contribution in [0.5, 0.6) is 0 Å². The van der Waals surface area contributed by atoms with Crippen molar-refractivity contribution < 1.29 is 4.79 Å². The van der Waals surface area contributed by atoms with Gasteiger partial charge in [-0.25, -0.2) is 4.79 Å². The van der Waals surface area contributed by atoms with Gasteiger partial charge in [0.05, 0.1) is 0 Å². The van der Waals surface area contributed by atoms with Crippen LogP contribution in [0.25, 0.3) is 0 Å². The molecule has 2 amide bonds. The minimum atomic E-state index is 0.0413. The molecule has 3 nitrogen and oxygen atoms in total. The van der Waals surface area contributed by atoms with Gasteiger partial charge in [-0.05, 0) is 31.6 Å². The first-order chi connectivity index (χ1) is 6.09. The van der Waals surface area contributed by atoms with E-state index >= 15 is 0 Å². The second-order valence-corrected chi connectivity index (χ2v) is 4.30. The minimum absolute atomic E-state index is 0.0413. The zero-order chi connectivity index (χ0) is 9.84. The Kier molecular flexibility index (Phi) is 3.58. The Balaban J connectivity index is 2.26. The van der Waals surface area contributed by atoms with Crippen molar-refractivity contribution in [3.63, 3.8) is 0 Å². The van der Waals surface area contributed by atoms with E-state index in [-0.39, 0.29) is 6.03 Å². The molecule has 1 aliphatic rings. The van der Waals surface area contributed by atoms with Gasteiger partial charge in [-0.2, -0.15) is 0 Å². The molecule has 0 bridgehead atoms. The first-order valence-corrected chi connectivity index (χ1v) is 5.07. The van der Waals surface area contributed by atoms with Crippen molar-refractivity contribution >= 4 is 6.03 Å². The van der Waals surface area contributed by atoms with Crippen molar-refractivity contribution in [3.05, 3.63) is 0 Å². The second kappa shape index (κ2) is 4.49. The third-order valence-corrected chi connectivity index (χ3v) is 2.75. The Labute approximate surface area is 80.5 Å². The molecule has 0 atom stereocenters. The number of carbonyl (C=O) groups excluding carboxylic acids is 1. The van der Waals surface area contributed by atoms with Crippen LogP contribution in [-0.4, -0.2) is 31.1 Å². The first-order valence-electron chi connectivity index (χ1n) is 5.07. The fourth-order valence-corrected chi connectivity index (χ4v) is 1.71. The van der Waals surface area contributed by atoms with Crippen LogP contribution in [-0.2, 0) is 0 Å². The smallest absolute Gasteiger partial charge is 0.317 e. The lowest BCUT2D eigenvalue weighted by Gasteiger charge is -2.27. The Morgan fingerprint density at radius 2 is 1.77 bits per heavy atom. The number of hydrogen-bond acceptors (Lipinski definition) is 1. The molecule has 0 aliphatic heterocycles. The van der Waals surface area contributed by atoms with Crippen LogP contribution >= 0.6 is 0 Å². The molecule has 0 spiro atoms. The van der Waals surface area contributed by atoms with Gasteiger partial charge >= 0.3 is 6.03 Å². The van der Waals surface area contributed by atoms with Crippen molar-refractivity contribution in [3.8, 4) is 0 Å². The van der Waals surface area contributed by atoms with Crippen LogP contribution in [0.1, 0.15) is 32.6 Å². The molecule has 1 fully saturated rings. The second-order valence-electron chi connectivity index (χ2n) is 4.30. The molecule has 13 heavy (non-hydrogen) atoms. The van der Waals surface area contributed by atoms with Crippen molar-refractivity contribution in [1.29, 1.82) is 0 Å². The van der Waals surface area contributed by atoms with E-state index < -0.39 is 0 Å². The predicted octanol–water partition coefficient (Wildman–Crippen LogP) is 1.84. The highest BCUT2D eigenvalue weighted by Crippen LogP contribution is 2.23. The number of hydrogen-bond donors (Lipinski definition) is 1. The SMILES string of the molecule is CN(C)C(=O)N[C@H]1CC[C@H](C)CC1. The molecule has 1 aliphatic carbocycles. The summed E-state index contributed by atoms with van der Waals surface area (Å²) in [6.45, 7) is 2.28. The molecule has 0 aromatic rings. The normalized spacial score (nSPS) is 28.2. The van der Waals surface area contributed by atoms with E-state index in [1.165, 1.54) is 12.8 Å². The van der Waals surface area contributed by atoms with E-state index in [0.29, 0.717) is 6.04 Å². The summed E-state index contributed by atoms with van der Waals surface area (Å²) < 4.78 is 0.